The van der Waals surface area contributed by atoms with Crippen molar-refractivity contribution in [3.8, 4) is 17.2 Å². The number of rotatable bonds is 11. The summed E-state index contributed by atoms with van der Waals surface area (Å²) in [5, 5.41) is 15.0. The number of benzene rings is 1. The summed E-state index contributed by atoms with van der Waals surface area (Å²) in [5.74, 6) is -3.66. The summed E-state index contributed by atoms with van der Waals surface area (Å²) in [6, 6.07) is 13.3. The number of nitrogens with one attached hydrogen (secondary N) is 2. The van der Waals surface area contributed by atoms with Crippen molar-refractivity contribution < 1.29 is 22.8 Å². The van der Waals surface area contributed by atoms with Gasteiger partial charge in [-0.05, 0) is 61.1 Å². The standard InChI is InChI=1S/C28H27F2N5O3/c29-28(30,7-1-3-25(36)34-27(18-31)9-10-27)8-2-11-33-26(37)23-16-21-5-4-19(15-22(21)38-23)20-6-13-35-14-12-32-24(35)17-20/h4-6,12-17H,1-3,7-11H2,(H,33,37)(H,34,36). The summed E-state index contributed by atoms with van der Waals surface area (Å²) in [5.41, 5.74) is 2.47. The Morgan fingerprint density at radius 2 is 1.89 bits per heavy atom. The van der Waals surface area contributed by atoms with Gasteiger partial charge in [0.05, 0.1) is 6.07 Å². The zero-order valence-corrected chi connectivity index (χ0v) is 20.7. The molecular formula is C28H27F2N5O3. The molecule has 1 aliphatic carbocycles. The molecule has 2 N–H and O–H groups in total. The SMILES string of the molecule is N#CC1(NC(=O)CCCC(F)(F)CCCNC(=O)c2cc3ccc(-c4ccn5ccnc5c4)cc3o2)CC1. The Kier molecular flexibility index (Phi) is 6.85. The fourth-order valence-electron chi connectivity index (χ4n) is 4.40. The van der Waals surface area contributed by atoms with Crippen LogP contribution in [0.4, 0.5) is 8.78 Å². The second-order valence-electron chi connectivity index (χ2n) is 9.78. The molecule has 2 amide bonds. The van der Waals surface area contributed by atoms with E-state index >= 15 is 0 Å². The first kappa shape index (κ1) is 25.4. The Morgan fingerprint density at radius 1 is 1.11 bits per heavy atom. The van der Waals surface area contributed by atoms with Gasteiger partial charge in [0.2, 0.25) is 11.8 Å². The van der Waals surface area contributed by atoms with Gasteiger partial charge in [-0.1, -0.05) is 12.1 Å². The smallest absolute Gasteiger partial charge is 0.287 e. The van der Waals surface area contributed by atoms with E-state index in [1.54, 1.807) is 12.3 Å². The first-order valence-corrected chi connectivity index (χ1v) is 12.6. The van der Waals surface area contributed by atoms with Gasteiger partial charge in [0.15, 0.2) is 5.76 Å². The molecule has 196 valence electrons. The molecule has 1 saturated carbocycles. The van der Waals surface area contributed by atoms with Gasteiger partial charge in [0.25, 0.3) is 5.91 Å². The highest BCUT2D eigenvalue weighted by molar-refractivity contribution is 5.96. The number of aromatic nitrogens is 2. The molecule has 0 bridgehead atoms. The van der Waals surface area contributed by atoms with Gasteiger partial charge in [-0.3, -0.25) is 9.59 Å². The van der Waals surface area contributed by atoms with Crippen molar-refractivity contribution in [1.82, 2.24) is 20.0 Å². The van der Waals surface area contributed by atoms with Gasteiger partial charge in [0, 0.05) is 49.8 Å². The quantitative estimate of drug-likeness (QED) is 0.263. The minimum absolute atomic E-state index is 0.0314. The molecular weight excluding hydrogens is 492 g/mol. The van der Waals surface area contributed by atoms with Crippen molar-refractivity contribution in [3.05, 3.63) is 60.7 Å². The van der Waals surface area contributed by atoms with Gasteiger partial charge >= 0.3 is 0 Å². The fraction of sp³-hybridized carbons (Fsp3) is 0.357. The lowest BCUT2D eigenvalue weighted by atomic mass is 10.1. The molecule has 8 nitrogen and oxygen atoms in total. The molecule has 4 aromatic rings. The highest BCUT2D eigenvalue weighted by atomic mass is 19.3. The third kappa shape index (κ3) is 5.83. The molecule has 5 rings (SSSR count). The maximum atomic E-state index is 14.2. The zero-order valence-electron chi connectivity index (χ0n) is 20.7. The number of fused-ring (bicyclic) bond motifs is 2. The van der Waals surface area contributed by atoms with Crippen LogP contribution in [-0.4, -0.2) is 39.2 Å². The number of imidazole rings is 1. The van der Waals surface area contributed by atoms with Crippen molar-refractivity contribution in [2.45, 2.75) is 56.4 Å². The van der Waals surface area contributed by atoms with Gasteiger partial charge in [0.1, 0.15) is 16.8 Å². The van der Waals surface area contributed by atoms with Crippen LogP contribution in [0, 0.1) is 11.3 Å². The Bertz CT molecular complexity index is 1530. The highest BCUT2D eigenvalue weighted by Gasteiger charge is 2.44. The molecule has 1 fully saturated rings. The summed E-state index contributed by atoms with van der Waals surface area (Å²) in [6.07, 6.45) is 5.98. The predicted octanol–water partition coefficient (Wildman–Crippen LogP) is 5.24. The first-order chi connectivity index (χ1) is 18.3. The van der Waals surface area contributed by atoms with Crippen LogP contribution < -0.4 is 10.6 Å². The normalized spacial score (nSPS) is 14.3. The van der Waals surface area contributed by atoms with E-state index in [1.807, 2.05) is 53.2 Å². The highest BCUT2D eigenvalue weighted by Crippen LogP contribution is 2.34. The van der Waals surface area contributed by atoms with E-state index in [0.29, 0.717) is 18.4 Å². The summed E-state index contributed by atoms with van der Waals surface area (Å²) >= 11 is 0. The van der Waals surface area contributed by atoms with E-state index in [-0.39, 0.29) is 37.5 Å². The molecule has 0 unspecified atom stereocenters. The van der Waals surface area contributed by atoms with Crippen LogP contribution in [0.3, 0.4) is 0 Å². The summed E-state index contributed by atoms with van der Waals surface area (Å²) in [4.78, 5) is 28.7. The molecule has 10 heteroatoms. The minimum Gasteiger partial charge on any atom is -0.451 e. The van der Waals surface area contributed by atoms with Crippen molar-refractivity contribution in [1.29, 1.82) is 5.26 Å². The first-order valence-electron chi connectivity index (χ1n) is 12.6. The minimum atomic E-state index is -2.94. The predicted molar refractivity (Wildman–Crippen MR) is 136 cm³/mol. The maximum Gasteiger partial charge on any atom is 0.287 e. The van der Waals surface area contributed by atoms with Crippen molar-refractivity contribution in [2.24, 2.45) is 0 Å². The van der Waals surface area contributed by atoms with Crippen LogP contribution in [0.2, 0.25) is 0 Å². The van der Waals surface area contributed by atoms with E-state index in [4.69, 9.17) is 9.68 Å². The van der Waals surface area contributed by atoms with Crippen LogP contribution >= 0.6 is 0 Å². The number of amides is 2. The number of pyridine rings is 1. The Labute approximate surface area is 217 Å². The lowest BCUT2D eigenvalue weighted by Crippen LogP contribution is -2.35. The number of carbonyl (C=O) groups excluding carboxylic acids is 2. The molecule has 0 saturated heterocycles. The Balaban J connectivity index is 1.08. The number of hydrogen-bond acceptors (Lipinski definition) is 5. The molecule has 0 aliphatic heterocycles. The largest absolute Gasteiger partial charge is 0.451 e. The average Bonchev–Trinajstić information content (AvgIpc) is 3.30. The van der Waals surface area contributed by atoms with Gasteiger partial charge in [-0.15, -0.1) is 0 Å². The van der Waals surface area contributed by atoms with Gasteiger partial charge in [-0.2, -0.15) is 5.26 Å². The number of carbonyl (C=O) groups is 2. The van der Waals surface area contributed by atoms with Crippen LogP contribution in [-0.2, 0) is 4.79 Å². The molecule has 0 radical (unpaired) electrons. The Morgan fingerprint density at radius 3 is 2.68 bits per heavy atom. The number of nitrogens with zero attached hydrogens (tertiary/aromatic N) is 3. The van der Waals surface area contributed by atoms with E-state index in [2.05, 4.69) is 15.6 Å². The molecule has 3 heterocycles. The Hall–Kier alpha value is -4.26. The number of halogens is 2. The van der Waals surface area contributed by atoms with E-state index in [1.165, 1.54) is 0 Å². The molecule has 0 spiro atoms. The van der Waals surface area contributed by atoms with Crippen molar-refractivity contribution in [2.75, 3.05) is 6.54 Å². The van der Waals surface area contributed by atoms with Crippen LogP contribution in [0.5, 0.6) is 0 Å². The average molecular weight is 520 g/mol. The van der Waals surface area contributed by atoms with Crippen molar-refractivity contribution in [3.63, 3.8) is 0 Å². The maximum absolute atomic E-state index is 14.2. The van der Waals surface area contributed by atoms with E-state index in [0.717, 1.165) is 22.2 Å². The summed E-state index contributed by atoms with van der Waals surface area (Å²) in [6.45, 7) is 0.0756. The van der Waals surface area contributed by atoms with Crippen LogP contribution in [0.1, 0.15) is 55.5 Å². The zero-order chi connectivity index (χ0) is 26.8. The third-order valence-electron chi connectivity index (χ3n) is 6.77. The van der Waals surface area contributed by atoms with E-state index < -0.39 is 30.2 Å². The number of nitriles is 1. The molecule has 1 aromatic carbocycles. The van der Waals surface area contributed by atoms with Gasteiger partial charge < -0.3 is 19.5 Å². The monoisotopic (exact) mass is 519 g/mol. The summed E-state index contributed by atoms with van der Waals surface area (Å²) < 4.78 is 36.1. The number of hydrogen-bond donors (Lipinski definition) is 2. The second kappa shape index (κ2) is 10.2. The second-order valence-corrected chi connectivity index (χ2v) is 9.78. The topological polar surface area (TPSA) is 112 Å². The number of alkyl halides is 2. The lowest BCUT2D eigenvalue weighted by molar-refractivity contribution is -0.122. The van der Waals surface area contributed by atoms with Gasteiger partial charge in [-0.25, -0.2) is 13.8 Å². The van der Waals surface area contributed by atoms with Crippen LogP contribution in [0.25, 0.3) is 27.7 Å². The number of furan rings is 1. The third-order valence-corrected chi connectivity index (χ3v) is 6.77. The molecule has 1 aliphatic rings. The molecule has 3 aromatic heterocycles. The van der Waals surface area contributed by atoms with E-state index in [9.17, 15) is 18.4 Å². The van der Waals surface area contributed by atoms with Crippen LogP contribution in [0.15, 0.2) is 59.4 Å². The fourth-order valence-corrected chi connectivity index (χ4v) is 4.40. The lowest BCUT2D eigenvalue weighted by Gasteiger charge is -2.16. The molecule has 0 atom stereocenters. The summed E-state index contributed by atoms with van der Waals surface area (Å²) in [7, 11) is 0. The molecule has 38 heavy (non-hydrogen) atoms. The van der Waals surface area contributed by atoms with Crippen molar-refractivity contribution >= 4 is 28.4 Å².